The lowest BCUT2D eigenvalue weighted by Crippen LogP contribution is -1.74. The molecule has 0 nitrogen and oxygen atoms in total. The van der Waals surface area contributed by atoms with Crippen LogP contribution in [0.15, 0.2) is 24.3 Å². The van der Waals surface area contributed by atoms with Crippen molar-refractivity contribution < 1.29 is 0 Å². The van der Waals surface area contributed by atoms with Crippen LogP contribution < -0.4 is 0 Å². The molecule has 0 saturated heterocycles. The molecule has 100 valence electrons. The zero-order valence-corrected chi connectivity index (χ0v) is 12.1. The third-order valence-corrected chi connectivity index (χ3v) is 3.05. The minimum absolute atomic E-state index is 1.13. The van der Waals surface area contributed by atoms with Crippen LogP contribution in [-0.4, -0.2) is 0 Å². The summed E-state index contributed by atoms with van der Waals surface area (Å²) in [5.74, 6) is 0. The zero-order chi connectivity index (χ0) is 12.6. The van der Waals surface area contributed by atoms with Gasteiger partial charge >= 0.3 is 0 Å². The molecule has 0 aromatic heterocycles. The van der Waals surface area contributed by atoms with Crippen molar-refractivity contribution in [2.75, 3.05) is 0 Å². The first-order valence-corrected chi connectivity index (χ1v) is 7.71. The van der Waals surface area contributed by atoms with E-state index in [1.165, 1.54) is 64.2 Å². The second kappa shape index (κ2) is 15.5. The molecule has 0 aliphatic rings. The summed E-state index contributed by atoms with van der Waals surface area (Å²) in [4.78, 5) is 0. The highest BCUT2D eigenvalue weighted by Crippen LogP contribution is 2.05. The molecule has 0 aliphatic heterocycles. The molecule has 0 spiro atoms. The maximum Gasteiger partial charge on any atom is -0.0169 e. The monoisotopic (exact) mass is 236 g/mol. The number of allylic oxidation sites excluding steroid dienone is 4. The molecular weight excluding hydrogens is 204 g/mol. The molecule has 0 rings (SSSR count). The second-order valence-electron chi connectivity index (χ2n) is 4.88. The normalized spacial score (nSPS) is 11.9. The minimum atomic E-state index is 1.13. The SMILES string of the molecule is CCCCCC/C=C/C/C=C/CCCCCC. The Balaban J connectivity index is 3.14. The Morgan fingerprint density at radius 2 is 1.00 bits per heavy atom. The lowest BCUT2D eigenvalue weighted by Gasteiger charge is -1.94. The Morgan fingerprint density at radius 1 is 0.529 bits per heavy atom. The van der Waals surface area contributed by atoms with E-state index in [1.807, 2.05) is 0 Å². The molecule has 0 bridgehead atoms. The van der Waals surface area contributed by atoms with Crippen LogP contribution in [0, 0.1) is 0 Å². The molecule has 0 aromatic rings. The lowest BCUT2D eigenvalue weighted by atomic mass is 10.1. The highest BCUT2D eigenvalue weighted by Gasteiger charge is 1.85. The summed E-state index contributed by atoms with van der Waals surface area (Å²) in [5.41, 5.74) is 0. The van der Waals surface area contributed by atoms with Gasteiger partial charge in [0.15, 0.2) is 0 Å². The smallest absolute Gasteiger partial charge is 0.0169 e. The van der Waals surface area contributed by atoms with Gasteiger partial charge in [0.05, 0.1) is 0 Å². The van der Waals surface area contributed by atoms with Crippen LogP contribution in [0.5, 0.6) is 0 Å². The highest BCUT2D eigenvalue weighted by atomic mass is 13.9. The van der Waals surface area contributed by atoms with Gasteiger partial charge < -0.3 is 0 Å². The molecule has 0 saturated carbocycles. The fraction of sp³-hybridized carbons (Fsp3) is 0.765. The van der Waals surface area contributed by atoms with E-state index in [2.05, 4.69) is 38.2 Å². The molecule has 0 atom stereocenters. The molecular formula is C17H32. The van der Waals surface area contributed by atoms with Crippen molar-refractivity contribution in [2.45, 2.75) is 84.5 Å². The predicted octanol–water partition coefficient (Wildman–Crippen LogP) is 6.43. The van der Waals surface area contributed by atoms with Gasteiger partial charge in [-0.15, -0.1) is 0 Å². The fourth-order valence-corrected chi connectivity index (χ4v) is 1.88. The third-order valence-electron chi connectivity index (χ3n) is 3.05. The van der Waals surface area contributed by atoms with E-state index in [-0.39, 0.29) is 0 Å². The predicted molar refractivity (Wildman–Crippen MR) is 80.4 cm³/mol. The summed E-state index contributed by atoms with van der Waals surface area (Å²) in [5, 5.41) is 0. The van der Waals surface area contributed by atoms with Gasteiger partial charge in [0.2, 0.25) is 0 Å². The molecule has 0 aliphatic carbocycles. The van der Waals surface area contributed by atoms with E-state index in [0.29, 0.717) is 0 Å². The second-order valence-corrected chi connectivity index (χ2v) is 4.88. The first kappa shape index (κ1) is 16.5. The van der Waals surface area contributed by atoms with Crippen molar-refractivity contribution in [3.63, 3.8) is 0 Å². The van der Waals surface area contributed by atoms with E-state index in [1.54, 1.807) is 0 Å². The average molecular weight is 236 g/mol. The molecule has 0 amide bonds. The molecule has 0 unspecified atom stereocenters. The molecule has 17 heavy (non-hydrogen) atoms. The Morgan fingerprint density at radius 3 is 1.41 bits per heavy atom. The molecule has 0 fully saturated rings. The van der Waals surface area contributed by atoms with Crippen LogP contribution in [0.2, 0.25) is 0 Å². The maximum absolute atomic E-state index is 2.34. The van der Waals surface area contributed by atoms with Crippen molar-refractivity contribution in [3.8, 4) is 0 Å². The van der Waals surface area contributed by atoms with Crippen molar-refractivity contribution in [1.29, 1.82) is 0 Å². The summed E-state index contributed by atoms with van der Waals surface area (Å²) in [7, 11) is 0. The van der Waals surface area contributed by atoms with Crippen LogP contribution in [0.3, 0.4) is 0 Å². The zero-order valence-electron chi connectivity index (χ0n) is 12.1. The van der Waals surface area contributed by atoms with Crippen molar-refractivity contribution >= 4 is 0 Å². The van der Waals surface area contributed by atoms with Gasteiger partial charge in [0.1, 0.15) is 0 Å². The maximum atomic E-state index is 2.34. The summed E-state index contributed by atoms with van der Waals surface area (Å²) in [6.07, 6.45) is 24.0. The fourth-order valence-electron chi connectivity index (χ4n) is 1.88. The molecule has 0 heteroatoms. The van der Waals surface area contributed by atoms with E-state index in [0.717, 1.165) is 6.42 Å². The summed E-state index contributed by atoms with van der Waals surface area (Å²) >= 11 is 0. The first-order valence-electron chi connectivity index (χ1n) is 7.71. The van der Waals surface area contributed by atoms with Gasteiger partial charge in [0, 0.05) is 0 Å². The Kier molecular flexibility index (Phi) is 15.0. The van der Waals surface area contributed by atoms with E-state index in [9.17, 15) is 0 Å². The summed E-state index contributed by atoms with van der Waals surface area (Å²) in [6.45, 7) is 4.53. The summed E-state index contributed by atoms with van der Waals surface area (Å²) < 4.78 is 0. The lowest BCUT2D eigenvalue weighted by molar-refractivity contribution is 0.673. The van der Waals surface area contributed by atoms with Gasteiger partial charge in [0.25, 0.3) is 0 Å². The number of rotatable bonds is 12. The molecule has 0 aromatic carbocycles. The molecule has 0 radical (unpaired) electrons. The van der Waals surface area contributed by atoms with Crippen LogP contribution in [0.4, 0.5) is 0 Å². The minimum Gasteiger partial charge on any atom is -0.0882 e. The average Bonchev–Trinajstić information content (AvgIpc) is 2.35. The molecule has 0 heterocycles. The third kappa shape index (κ3) is 15.5. The largest absolute Gasteiger partial charge is 0.0882 e. The standard InChI is InChI=1S/C17H32/c1-3-5-7-9-11-13-15-17-16-14-12-10-8-6-4-2/h13-16H,3-12,17H2,1-2H3/b15-13+,16-14+. The number of unbranched alkanes of at least 4 members (excludes halogenated alkanes) is 8. The molecule has 0 N–H and O–H groups in total. The summed E-state index contributed by atoms with van der Waals surface area (Å²) in [6, 6.07) is 0. The van der Waals surface area contributed by atoms with Gasteiger partial charge in [-0.3, -0.25) is 0 Å². The van der Waals surface area contributed by atoms with Gasteiger partial charge in [-0.2, -0.15) is 0 Å². The highest BCUT2D eigenvalue weighted by molar-refractivity contribution is 4.92. The van der Waals surface area contributed by atoms with Crippen molar-refractivity contribution in [2.24, 2.45) is 0 Å². The topological polar surface area (TPSA) is 0 Å². The number of hydrogen-bond acceptors (Lipinski definition) is 0. The Bertz CT molecular complexity index is 156. The van der Waals surface area contributed by atoms with Crippen LogP contribution in [0.1, 0.15) is 84.5 Å². The van der Waals surface area contributed by atoms with Gasteiger partial charge in [-0.25, -0.2) is 0 Å². The van der Waals surface area contributed by atoms with Crippen LogP contribution in [-0.2, 0) is 0 Å². The van der Waals surface area contributed by atoms with E-state index in [4.69, 9.17) is 0 Å². The Labute approximate surface area is 109 Å². The number of hydrogen-bond donors (Lipinski definition) is 0. The Hall–Kier alpha value is -0.520. The van der Waals surface area contributed by atoms with Gasteiger partial charge in [-0.05, 0) is 32.1 Å². The van der Waals surface area contributed by atoms with E-state index < -0.39 is 0 Å². The quantitative estimate of drug-likeness (QED) is 0.270. The van der Waals surface area contributed by atoms with Crippen molar-refractivity contribution in [1.82, 2.24) is 0 Å². The van der Waals surface area contributed by atoms with Crippen molar-refractivity contribution in [3.05, 3.63) is 24.3 Å². The van der Waals surface area contributed by atoms with E-state index >= 15 is 0 Å². The van der Waals surface area contributed by atoms with Crippen LogP contribution >= 0.6 is 0 Å². The van der Waals surface area contributed by atoms with Crippen LogP contribution in [0.25, 0.3) is 0 Å². The van der Waals surface area contributed by atoms with Gasteiger partial charge in [-0.1, -0.05) is 76.7 Å². The first-order chi connectivity index (χ1) is 8.41.